The number of amides is 1. The molecule has 0 fully saturated rings. The minimum Gasteiger partial charge on any atom is -0.394 e. The van der Waals surface area contributed by atoms with Gasteiger partial charge in [-0.05, 0) is 12.8 Å². The van der Waals surface area contributed by atoms with Crippen molar-refractivity contribution < 1.29 is 14.6 Å². The third kappa shape index (κ3) is 5.94. The van der Waals surface area contributed by atoms with Gasteiger partial charge in [0, 0.05) is 13.0 Å². The lowest BCUT2D eigenvalue weighted by atomic mass is 10.1. The molecule has 84 valence electrons. The molecule has 0 aromatic rings. The molecule has 2 N–H and O–H groups in total. The summed E-state index contributed by atoms with van der Waals surface area (Å²) in [5.41, 5.74) is 0. The molecule has 0 aromatic carbocycles. The Morgan fingerprint density at radius 2 is 2.14 bits per heavy atom. The predicted molar refractivity (Wildman–Crippen MR) is 55.0 cm³/mol. The van der Waals surface area contributed by atoms with Crippen LogP contribution in [-0.4, -0.2) is 36.9 Å². The van der Waals surface area contributed by atoms with E-state index >= 15 is 0 Å². The molecule has 0 saturated heterocycles. The van der Waals surface area contributed by atoms with Crippen molar-refractivity contribution in [1.82, 2.24) is 5.32 Å². The molecule has 0 aliphatic carbocycles. The van der Waals surface area contributed by atoms with Crippen LogP contribution in [0.2, 0.25) is 0 Å². The van der Waals surface area contributed by atoms with E-state index in [1.54, 1.807) is 0 Å². The third-order valence-electron chi connectivity index (χ3n) is 2.03. The van der Waals surface area contributed by atoms with Gasteiger partial charge in [-0.25, -0.2) is 0 Å². The number of nitrogens with one attached hydrogen (secondary N) is 1. The quantitative estimate of drug-likeness (QED) is 0.594. The van der Waals surface area contributed by atoms with Gasteiger partial charge in [0.1, 0.15) is 0 Å². The summed E-state index contributed by atoms with van der Waals surface area (Å²) in [7, 11) is 0. The molecule has 0 heterocycles. The number of aliphatic hydroxyl groups excluding tert-OH is 1. The van der Waals surface area contributed by atoms with E-state index in [2.05, 4.69) is 5.32 Å². The normalized spacial score (nSPS) is 12.9. The lowest BCUT2D eigenvalue weighted by Crippen LogP contribution is -2.41. The number of hydrogen-bond acceptors (Lipinski definition) is 3. The second-order valence-corrected chi connectivity index (χ2v) is 3.55. The van der Waals surface area contributed by atoms with E-state index in [0.29, 0.717) is 19.6 Å². The van der Waals surface area contributed by atoms with Gasteiger partial charge >= 0.3 is 0 Å². The zero-order valence-electron chi connectivity index (χ0n) is 9.25. The van der Waals surface area contributed by atoms with Crippen molar-refractivity contribution in [3.05, 3.63) is 0 Å². The molecule has 0 spiro atoms. The van der Waals surface area contributed by atoms with Crippen molar-refractivity contribution in [1.29, 1.82) is 0 Å². The first-order valence-electron chi connectivity index (χ1n) is 5.09. The maximum atomic E-state index is 11.3. The Kier molecular flexibility index (Phi) is 7.42. The van der Waals surface area contributed by atoms with Crippen LogP contribution in [-0.2, 0) is 9.53 Å². The molecule has 0 radical (unpaired) electrons. The Morgan fingerprint density at radius 1 is 1.50 bits per heavy atom. The highest BCUT2D eigenvalue weighted by Crippen LogP contribution is 2.00. The first-order chi connectivity index (χ1) is 6.61. The minimum atomic E-state index is -0.149. The summed E-state index contributed by atoms with van der Waals surface area (Å²) in [6.07, 6.45) is 0.358. The van der Waals surface area contributed by atoms with Crippen LogP contribution < -0.4 is 5.32 Å². The standard InChI is InChI=1S/C10H21NO3/c1-4-14-6-5-10(13)11-9(7-12)8(2)3/h8-9,12H,4-7H2,1-3H3,(H,11,13). The Labute approximate surface area is 85.6 Å². The highest BCUT2D eigenvalue weighted by Gasteiger charge is 2.14. The number of aliphatic hydroxyl groups is 1. The smallest absolute Gasteiger partial charge is 0.222 e. The summed E-state index contributed by atoms with van der Waals surface area (Å²) < 4.78 is 5.06. The average Bonchev–Trinajstić information content (AvgIpc) is 2.14. The van der Waals surface area contributed by atoms with Crippen LogP contribution in [0.1, 0.15) is 27.2 Å². The summed E-state index contributed by atoms with van der Waals surface area (Å²) in [5, 5.41) is 11.7. The largest absolute Gasteiger partial charge is 0.394 e. The van der Waals surface area contributed by atoms with Gasteiger partial charge in [-0.3, -0.25) is 4.79 Å². The monoisotopic (exact) mass is 203 g/mol. The molecule has 0 aromatic heterocycles. The third-order valence-corrected chi connectivity index (χ3v) is 2.03. The fourth-order valence-electron chi connectivity index (χ4n) is 1.01. The van der Waals surface area contributed by atoms with Gasteiger partial charge in [-0.2, -0.15) is 0 Å². The van der Waals surface area contributed by atoms with Crippen LogP contribution >= 0.6 is 0 Å². The summed E-state index contributed by atoms with van der Waals surface area (Å²) in [5.74, 6) is 0.183. The highest BCUT2D eigenvalue weighted by molar-refractivity contribution is 5.76. The van der Waals surface area contributed by atoms with E-state index in [-0.39, 0.29) is 24.5 Å². The Hall–Kier alpha value is -0.610. The molecule has 0 saturated carbocycles. The van der Waals surface area contributed by atoms with Crippen LogP contribution in [0.4, 0.5) is 0 Å². The molecular weight excluding hydrogens is 182 g/mol. The van der Waals surface area contributed by atoms with Gasteiger partial charge in [0.05, 0.1) is 19.3 Å². The Balaban J connectivity index is 3.68. The van der Waals surface area contributed by atoms with Crippen molar-refractivity contribution in [2.45, 2.75) is 33.2 Å². The van der Waals surface area contributed by atoms with Crippen molar-refractivity contribution in [3.8, 4) is 0 Å². The molecule has 1 amide bonds. The van der Waals surface area contributed by atoms with E-state index < -0.39 is 0 Å². The van der Waals surface area contributed by atoms with E-state index in [1.807, 2.05) is 20.8 Å². The molecule has 1 unspecified atom stereocenters. The SMILES string of the molecule is CCOCCC(=O)NC(CO)C(C)C. The molecule has 1 atom stereocenters. The van der Waals surface area contributed by atoms with Crippen molar-refractivity contribution >= 4 is 5.91 Å². The van der Waals surface area contributed by atoms with Gasteiger partial charge in [-0.1, -0.05) is 13.8 Å². The fourth-order valence-corrected chi connectivity index (χ4v) is 1.01. The molecule has 0 bridgehead atoms. The van der Waals surface area contributed by atoms with Crippen LogP contribution in [0, 0.1) is 5.92 Å². The van der Waals surface area contributed by atoms with E-state index in [4.69, 9.17) is 9.84 Å². The maximum Gasteiger partial charge on any atom is 0.222 e. The van der Waals surface area contributed by atoms with Gasteiger partial charge in [0.15, 0.2) is 0 Å². The molecule has 14 heavy (non-hydrogen) atoms. The van der Waals surface area contributed by atoms with Crippen molar-refractivity contribution in [2.75, 3.05) is 19.8 Å². The molecular formula is C10H21NO3. The first-order valence-corrected chi connectivity index (χ1v) is 5.09. The van der Waals surface area contributed by atoms with Gasteiger partial charge in [0.2, 0.25) is 5.91 Å². The van der Waals surface area contributed by atoms with Crippen LogP contribution in [0.15, 0.2) is 0 Å². The Morgan fingerprint density at radius 3 is 2.57 bits per heavy atom. The number of carbonyl (C=O) groups is 1. The maximum absolute atomic E-state index is 11.3. The first kappa shape index (κ1) is 13.4. The number of carbonyl (C=O) groups excluding carboxylic acids is 1. The Bertz CT molecular complexity index is 159. The highest BCUT2D eigenvalue weighted by atomic mass is 16.5. The topological polar surface area (TPSA) is 58.6 Å². The van der Waals surface area contributed by atoms with Crippen LogP contribution in [0.5, 0.6) is 0 Å². The molecule has 4 nitrogen and oxygen atoms in total. The zero-order chi connectivity index (χ0) is 11.0. The van der Waals surface area contributed by atoms with Crippen LogP contribution in [0.25, 0.3) is 0 Å². The lowest BCUT2D eigenvalue weighted by molar-refractivity contribution is -0.123. The molecule has 4 heteroatoms. The van der Waals surface area contributed by atoms with Crippen LogP contribution in [0.3, 0.4) is 0 Å². The zero-order valence-corrected chi connectivity index (χ0v) is 9.25. The van der Waals surface area contributed by atoms with Gasteiger partial charge in [0.25, 0.3) is 0 Å². The van der Waals surface area contributed by atoms with Crippen molar-refractivity contribution in [3.63, 3.8) is 0 Å². The number of hydrogen-bond donors (Lipinski definition) is 2. The molecule has 0 aliphatic heterocycles. The minimum absolute atomic E-state index is 0.0158. The van der Waals surface area contributed by atoms with Gasteiger partial charge < -0.3 is 15.2 Å². The predicted octanol–water partition coefficient (Wildman–Crippen LogP) is 0.546. The molecule has 0 rings (SSSR count). The number of rotatable bonds is 7. The fraction of sp³-hybridized carbons (Fsp3) is 0.900. The summed E-state index contributed by atoms with van der Waals surface area (Å²) in [4.78, 5) is 11.3. The average molecular weight is 203 g/mol. The van der Waals surface area contributed by atoms with Crippen molar-refractivity contribution in [2.24, 2.45) is 5.92 Å². The molecule has 0 aliphatic rings. The second-order valence-electron chi connectivity index (χ2n) is 3.55. The second kappa shape index (κ2) is 7.76. The van der Waals surface area contributed by atoms with E-state index in [9.17, 15) is 4.79 Å². The lowest BCUT2D eigenvalue weighted by Gasteiger charge is -2.19. The summed E-state index contributed by atoms with van der Waals surface area (Å²) >= 11 is 0. The van der Waals surface area contributed by atoms with Gasteiger partial charge in [-0.15, -0.1) is 0 Å². The van der Waals surface area contributed by atoms with E-state index in [1.165, 1.54) is 0 Å². The number of ether oxygens (including phenoxy) is 1. The summed E-state index contributed by atoms with van der Waals surface area (Å²) in [6.45, 7) is 6.87. The van der Waals surface area contributed by atoms with E-state index in [0.717, 1.165) is 0 Å². The summed E-state index contributed by atoms with van der Waals surface area (Å²) in [6, 6.07) is -0.149.